The van der Waals surface area contributed by atoms with Crippen LogP contribution in [-0.4, -0.2) is 25.7 Å². The molecule has 1 rings (SSSR count). The molecule has 0 saturated heterocycles. The van der Waals surface area contributed by atoms with Crippen LogP contribution < -0.4 is 5.32 Å². The fourth-order valence-electron chi connectivity index (χ4n) is 1.13. The van der Waals surface area contributed by atoms with Gasteiger partial charge in [-0.1, -0.05) is 6.07 Å². The average molecular weight is 225 g/mol. The number of hydrogen-bond acceptors (Lipinski definition) is 3. The molecule has 0 spiro atoms. The minimum Gasteiger partial charge on any atom is -0.380 e. The molecule has 1 aromatic carbocycles. The number of benzene rings is 1. The molecule has 0 heterocycles. The lowest BCUT2D eigenvalue weighted by Gasteiger charge is -2.05. The van der Waals surface area contributed by atoms with Gasteiger partial charge >= 0.3 is 0 Å². The van der Waals surface area contributed by atoms with E-state index in [1.54, 1.807) is 18.2 Å². The van der Waals surface area contributed by atoms with Crippen LogP contribution >= 0.6 is 12.6 Å². The second kappa shape index (κ2) is 6.48. The molecule has 1 N–H and O–H groups in total. The normalized spacial score (nSPS) is 10.0. The molecule has 15 heavy (non-hydrogen) atoms. The minimum absolute atomic E-state index is 0.0920. The van der Waals surface area contributed by atoms with Gasteiger partial charge in [0.25, 0.3) is 5.91 Å². The lowest BCUT2D eigenvalue weighted by Crippen LogP contribution is -2.27. The van der Waals surface area contributed by atoms with Gasteiger partial charge in [-0.25, -0.2) is 0 Å². The van der Waals surface area contributed by atoms with Crippen LogP contribution in [0.1, 0.15) is 17.3 Å². The zero-order chi connectivity index (χ0) is 11.1. The highest BCUT2D eigenvalue weighted by Gasteiger charge is 2.03. The Morgan fingerprint density at radius 2 is 2.33 bits per heavy atom. The van der Waals surface area contributed by atoms with E-state index in [0.29, 0.717) is 25.3 Å². The van der Waals surface area contributed by atoms with Crippen molar-refractivity contribution in [2.75, 3.05) is 19.8 Å². The van der Waals surface area contributed by atoms with Crippen molar-refractivity contribution < 1.29 is 9.53 Å². The molecule has 0 aliphatic heterocycles. The fraction of sp³-hybridized carbons (Fsp3) is 0.364. The van der Waals surface area contributed by atoms with Gasteiger partial charge in [-0.3, -0.25) is 4.79 Å². The van der Waals surface area contributed by atoms with Crippen LogP contribution in [0.15, 0.2) is 29.2 Å². The van der Waals surface area contributed by atoms with E-state index in [2.05, 4.69) is 17.9 Å². The predicted octanol–water partition coefficient (Wildman–Crippen LogP) is 1.74. The summed E-state index contributed by atoms with van der Waals surface area (Å²) in [6, 6.07) is 7.13. The predicted molar refractivity (Wildman–Crippen MR) is 62.5 cm³/mol. The summed E-state index contributed by atoms with van der Waals surface area (Å²) < 4.78 is 5.11. The Bertz CT molecular complexity index is 328. The summed E-state index contributed by atoms with van der Waals surface area (Å²) in [5.74, 6) is -0.0920. The first-order chi connectivity index (χ1) is 7.24. The van der Waals surface area contributed by atoms with E-state index in [0.717, 1.165) is 4.90 Å². The van der Waals surface area contributed by atoms with Crippen LogP contribution in [0.3, 0.4) is 0 Å². The summed E-state index contributed by atoms with van der Waals surface area (Å²) in [5, 5.41) is 2.76. The van der Waals surface area contributed by atoms with Gasteiger partial charge in [0.15, 0.2) is 0 Å². The van der Waals surface area contributed by atoms with Crippen molar-refractivity contribution in [2.24, 2.45) is 0 Å². The zero-order valence-electron chi connectivity index (χ0n) is 8.69. The van der Waals surface area contributed by atoms with Crippen LogP contribution in [0.25, 0.3) is 0 Å². The molecule has 0 radical (unpaired) electrons. The van der Waals surface area contributed by atoms with Crippen LogP contribution in [0.4, 0.5) is 0 Å². The van der Waals surface area contributed by atoms with Crippen LogP contribution in [-0.2, 0) is 4.74 Å². The van der Waals surface area contributed by atoms with Crippen LogP contribution in [0.5, 0.6) is 0 Å². The van der Waals surface area contributed by atoms with Crippen LogP contribution in [0.2, 0.25) is 0 Å². The minimum atomic E-state index is -0.0920. The Balaban J connectivity index is 2.40. The molecule has 0 aliphatic rings. The zero-order valence-corrected chi connectivity index (χ0v) is 9.59. The van der Waals surface area contributed by atoms with Gasteiger partial charge in [-0.05, 0) is 25.1 Å². The Kier molecular flexibility index (Phi) is 5.21. The van der Waals surface area contributed by atoms with E-state index >= 15 is 0 Å². The van der Waals surface area contributed by atoms with Gasteiger partial charge in [-0.2, -0.15) is 0 Å². The lowest BCUT2D eigenvalue weighted by atomic mass is 10.2. The van der Waals surface area contributed by atoms with Crippen molar-refractivity contribution in [2.45, 2.75) is 11.8 Å². The van der Waals surface area contributed by atoms with Gasteiger partial charge < -0.3 is 10.1 Å². The molecule has 0 aliphatic carbocycles. The molecular weight excluding hydrogens is 210 g/mol. The monoisotopic (exact) mass is 225 g/mol. The highest BCUT2D eigenvalue weighted by Crippen LogP contribution is 2.08. The number of hydrogen-bond donors (Lipinski definition) is 2. The summed E-state index contributed by atoms with van der Waals surface area (Å²) in [7, 11) is 0. The molecule has 0 bridgehead atoms. The van der Waals surface area contributed by atoms with Gasteiger partial charge in [-0.15, -0.1) is 12.6 Å². The number of nitrogens with one attached hydrogen (secondary N) is 1. The van der Waals surface area contributed by atoms with E-state index in [1.165, 1.54) is 0 Å². The highest BCUT2D eigenvalue weighted by atomic mass is 32.1. The summed E-state index contributed by atoms with van der Waals surface area (Å²) >= 11 is 4.17. The number of carbonyl (C=O) groups excluding carboxylic acids is 1. The van der Waals surface area contributed by atoms with Crippen molar-refractivity contribution in [1.82, 2.24) is 5.32 Å². The lowest BCUT2D eigenvalue weighted by molar-refractivity contribution is 0.0922. The molecule has 0 atom stereocenters. The van der Waals surface area contributed by atoms with Crippen molar-refractivity contribution >= 4 is 18.5 Å². The summed E-state index contributed by atoms with van der Waals surface area (Å²) in [6.45, 7) is 3.67. The van der Waals surface area contributed by atoms with Crippen molar-refractivity contribution in [3.05, 3.63) is 29.8 Å². The van der Waals surface area contributed by atoms with E-state index in [9.17, 15) is 4.79 Å². The summed E-state index contributed by atoms with van der Waals surface area (Å²) in [5.41, 5.74) is 0.624. The van der Waals surface area contributed by atoms with E-state index in [-0.39, 0.29) is 5.91 Å². The summed E-state index contributed by atoms with van der Waals surface area (Å²) in [4.78, 5) is 12.3. The van der Waals surface area contributed by atoms with Gasteiger partial charge in [0.1, 0.15) is 0 Å². The Morgan fingerprint density at radius 1 is 1.53 bits per heavy atom. The Hall–Kier alpha value is -1.00. The first-order valence-corrected chi connectivity index (χ1v) is 5.33. The third-order valence-corrected chi connectivity index (χ3v) is 2.12. The topological polar surface area (TPSA) is 38.3 Å². The molecule has 3 nitrogen and oxygen atoms in total. The Morgan fingerprint density at radius 3 is 3.00 bits per heavy atom. The van der Waals surface area contributed by atoms with Crippen LogP contribution in [0, 0.1) is 0 Å². The average Bonchev–Trinajstić information content (AvgIpc) is 2.24. The molecule has 4 heteroatoms. The van der Waals surface area contributed by atoms with Gasteiger partial charge in [0, 0.05) is 23.6 Å². The molecule has 0 aromatic heterocycles. The second-order valence-corrected chi connectivity index (χ2v) is 3.52. The molecular formula is C11H15NO2S. The fourth-order valence-corrected chi connectivity index (χ4v) is 1.36. The third kappa shape index (κ3) is 4.36. The standard InChI is InChI=1S/C11H15NO2S/c1-2-14-7-6-12-11(13)9-4-3-5-10(15)8-9/h3-5,8,15H,2,6-7H2,1H3,(H,12,13). The maximum Gasteiger partial charge on any atom is 0.251 e. The molecule has 1 aromatic rings. The quantitative estimate of drug-likeness (QED) is 0.592. The van der Waals surface area contributed by atoms with E-state index in [1.807, 2.05) is 13.0 Å². The second-order valence-electron chi connectivity index (χ2n) is 3.00. The van der Waals surface area contributed by atoms with Gasteiger partial charge in [0.2, 0.25) is 0 Å². The van der Waals surface area contributed by atoms with E-state index in [4.69, 9.17) is 4.74 Å². The number of ether oxygens (including phenoxy) is 1. The maximum absolute atomic E-state index is 11.6. The number of rotatable bonds is 5. The molecule has 0 fully saturated rings. The third-order valence-electron chi connectivity index (χ3n) is 1.84. The number of amides is 1. The van der Waals surface area contributed by atoms with Crippen molar-refractivity contribution in [3.63, 3.8) is 0 Å². The maximum atomic E-state index is 11.6. The molecule has 1 amide bonds. The molecule has 82 valence electrons. The Labute approximate surface area is 95.2 Å². The highest BCUT2D eigenvalue weighted by molar-refractivity contribution is 7.80. The molecule has 0 saturated carbocycles. The number of thiol groups is 1. The van der Waals surface area contributed by atoms with Crippen molar-refractivity contribution in [1.29, 1.82) is 0 Å². The summed E-state index contributed by atoms with van der Waals surface area (Å²) in [6.07, 6.45) is 0. The smallest absolute Gasteiger partial charge is 0.251 e. The first-order valence-electron chi connectivity index (χ1n) is 4.89. The van der Waals surface area contributed by atoms with Crippen molar-refractivity contribution in [3.8, 4) is 0 Å². The van der Waals surface area contributed by atoms with E-state index < -0.39 is 0 Å². The largest absolute Gasteiger partial charge is 0.380 e. The first kappa shape index (κ1) is 12.1. The van der Waals surface area contributed by atoms with Gasteiger partial charge in [0.05, 0.1) is 6.61 Å². The number of carbonyl (C=O) groups is 1. The SMILES string of the molecule is CCOCCNC(=O)c1cccc(S)c1. The molecule has 0 unspecified atom stereocenters.